The lowest BCUT2D eigenvalue weighted by atomic mass is 10.1. The monoisotopic (exact) mass is 246 g/mol. The van der Waals surface area contributed by atoms with Crippen molar-refractivity contribution < 1.29 is 9.84 Å². The summed E-state index contributed by atoms with van der Waals surface area (Å²) in [5.41, 5.74) is 2.59. The summed E-state index contributed by atoms with van der Waals surface area (Å²) in [6.07, 6.45) is -0.557. The third-order valence-electron chi connectivity index (χ3n) is 3.02. The Hall–Kier alpha value is -1.81. The van der Waals surface area contributed by atoms with Gasteiger partial charge < -0.3 is 9.84 Å². The molecule has 0 bridgehead atoms. The Morgan fingerprint density at radius 1 is 1.28 bits per heavy atom. The second-order valence-electron chi connectivity index (χ2n) is 4.44. The minimum absolute atomic E-state index is 0.557. The summed E-state index contributed by atoms with van der Waals surface area (Å²) >= 11 is 0. The van der Waals surface area contributed by atoms with Crippen LogP contribution < -0.4 is 4.74 Å². The van der Waals surface area contributed by atoms with Gasteiger partial charge >= 0.3 is 0 Å². The van der Waals surface area contributed by atoms with Crippen molar-refractivity contribution in [2.24, 2.45) is 7.05 Å². The molecule has 1 atom stereocenters. The zero-order valence-corrected chi connectivity index (χ0v) is 11.1. The smallest absolute Gasteiger partial charge is 0.171 e. The van der Waals surface area contributed by atoms with E-state index in [0.717, 1.165) is 22.7 Å². The first-order valence-corrected chi connectivity index (χ1v) is 5.95. The molecule has 96 valence electrons. The summed E-state index contributed by atoms with van der Waals surface area (Å²) in [5, 5.41) is 14.0. The van der Waals surface area contributed by atoms with E-state index in [1.54, 1.807) is 11.6 Å². The van der Waals surface area contributed by atoms with Gasteiger partial charge in [-0.1, -0.05) is 18.2 Å². The second-order valence-corrected chi connectivity index (χ2v) is 4.44. The average Bonchev–Trinajstić information content (AvgIpc) is 2.56. The fraction of sp³-hybridized carbons (Fsp3) is 0.357. The highest BCUT2D eigenvalue weighted by molar-refractivity contribution is 5.41. The molecule has 2 rings (SSSR count). The normalized spacial score (nSPS) is 12.5. The van der Waals surface area contributed by atoms with Crippen molar-refractivity contribution in [1.29, 1.82) is 0 Å². The zero-order chi connectivity index (χ0) is 13.3. The minimum atomic E-state index is -0.557. The average molecular weight is 246 g/mol. The molecule has 18 heavy (non-hydrogen) atoms. The van der Waals surface area contributed by atoms with Crippen LogP contribution in [0.3, 0.4) is 0 Å². The van der Waals surface area contributed by atoms with E-state index in [4.69, 9.17) is 4.74 Å². The van der Waals surface area contributed by atoms with Crippen LogP contribution in [-0.2, 0) is 7.05 Å². The third kappa shape index (κ3) is 2.24. The Bertz CT molecular complexity index is 559. The van der Waals surface area contributed by atoms with Crippen LogP contribution in [0.1, 0.15) is 30.0 Å². The van der Waals surface area contributed by atoms with E-state index in [-0.39, 0.29) is 0 Å². The number of benzene rings is 1. The minimum Gasteiger partial charge on any atom is -0.453 e. The SMILES string of the molecule is Cc1nn(C)c(C)c1Oc1ccccc1[C@H](C)O. The molecule has 0 saturated heterocycles. The van der Waals surface area contributed by atoms with Gasteiger partial charge in [-0.05, 0) is 26.8 Å². The van der Waals surface area contributed by atoms with Crippen molar-refractivity contribution in [3.05, 3.63) is 41.2 Å². The number of nitrogens with zero attached hydrogens (tertiary/aromatic N) is 2. The summed E-state index contributed by atoms with van der Waals surface area (Å²) in [4.78, 5) is 0. The lowest BCUT2D eigenvalue weighted by molar-refractivity contribution is 0.195. The molecule has 0 aliphatic heterocycles. The third-order valence-corrected chi connectivity index (χ3v) is 3.02. The molecule has 0 fully saturated rings. The number of ether oxygens (including phenoxy) is 1. The van der Waals surface area contributed by atoms with E-state index in [1.807, 2.05) is 45.2 Å². The molecule has 2 aromatic rings. The van der Waals surface area contributed by atoms with Crippen molar-refractivity contribution in [2.45, 2.75) is 26.9 Å². The highest BCUT2D eigenvalue weighted by Crippen LogP contribution is 2.32. The Kier molecular flexibility index (Phi) is 3.39. The van der Waals surface area contributed by atoms with Gasteiger partial charge in [0.1, 0.15) is 11.4 Å². The first-order chi connectivity index (χ1) is 8.50. The van der Waals surface area contributed by atoms with Crippen LogP contribution in [0.5, 0.6) is 11.5 Å². The Balaban J connectivity index is 2.40. The molecule has 0 aliphatic carbocycles. The molecule has 4 nitrogen and oxygen atoms in total. The Morgan fingerprint density at radius 3 is 2.50 bits per heavy atom. The quantitative estimate of drug-likeness (QED) is 0.905. The van der Waals surface area contributed by atoms with Gasteiger partial charge in [-0.2, -0.15) is 5.10 Å². The zero-order valence-electron chi connectivity index (χ0n) is 11.1. The highest BCUT2D eigenvalue weighted by Gasteiger charge is 2.15. The summed E-state index contributed by atoms with van der Waals surface area (Å²) < 4.78 is 7.70. The molecule has 0 unspecified atom stereocenters. The van der Waals surface area contributed by atoms with Crippen LogP contribution in [0.15, 0.2) is 24.3 Å². The number of para-hydroxylation sites is 1. The summed E-state index contributed by atoms with van der Waals surface area (Å²) in [5.74, 6) is 1.43. The van der Waals surface area contributed by atoms with Gasteiger partial charge in [-0.25, -0.2) is 0 Å². The topological polar surface area (TPSA) is 47.3 Å². The van der Waals surface area contributed by atoms with Gasteiger partial charge in [0.2, 0.25) is 0 Å². The van der Waals surface area contributed by atoms with Crippen molar-refractivity contribution in [1.82, 2.24) is 9.78 Å². The number of hydrogen-bond acceptors (Lipinski definition) is 3. The Labute approximate surface area is 107 Å². The maximum absolute atomic E-state index is 9.73. The van der Waals surface area contributed by atoms with Crippen LogP contribution in [0, 0.1) is 13.8 Å². The first kappa shape index (κ1) is 12.6. The number of aromatic nitrogens is 2. The maximum Gasteiger partial charge on any atom is 0.171 e. The number of aliphatic hydroxyl groups excluding tert-OH is 1. The van der Waals surface area contributed by atoms with E-state index in [2.05, 4.69) is 5.10 Å². The standard InChI is InChI=1S/C14H18N2O2/c1-9-14(10(2)16(4)15-9)18-13-8-6-5-7-12(13)11(3)17/h5-8,11,17H,1-4H3/t11-/m0/s1. The van der Waals surface area contributed by atoms with Gasteiger partial charge in [0.15, 0.2) is 5.75 Å². The van der Waals surface area contributed by atoms with Crippen LogP contribution in [0.4, 0.5) is 0 Å². The molecule has 4 heteroatoms. The lowest BCUT2D eigenvalue weighted by Gasteiger charge is -2.13. The predicted octanol–water partition coefficient (Wildman–Crippen LogP) is 2.88. The maximum atomic E-state index is 9.73. The molecule has 1 N–H and O–H groups in total. The molecule has 0 aliphatic rings. The molecule has 0 saturated carbocycles. The summed E-state index contributed by atoms with van der Waals surface area (Å²) in [6, 6.07) is 7.50. The van der Waals surface area contributed by atoms with Gasteiger partial charge in [0, 0.05) is 12.6 Å². The second kappa shape index (κ2) is 4.82. The molecule has 0 amide bonds. The summed E-state index contributed by atoms with van der Waals surface area (Å²) in [6.45, 7) is 5.60. The number of aryl methyl sites for hydroxylation is 2. The van der Waals surface area contributed by atoms with Gasteiger partial charge in [-0.15, -0.1) is 0 Å². The fourth-order valence-corrected chi connectivity index (χ4v) is 1.93. The number of rotatable bonds is 3. The van der Waals surface area contributed by atoms with Crippen LogP contribution in [0.25, 0.3) is 0 Å². The molecule has 0 spiro atoms. The molecular formula is C14H18N2O2. The van der Waals surface area contributed by atoms with Crippen LogP contribution in [0.2, 0.25) is 0 Å². The van der Waals surface area contributed by atoms with Crippen molar-refractivity contribution in [3.8, 4) is 11.5 Å². The van der Waals surface area contributed by atoms with E-state index >= 15 is 0 Å². The first-order valence-electron chi connectivity index (χ1n) is 5.95. The lowest BCUT2D eigenvalue weighted by Crippen LogP contribution is -1.97. The largest absolute Gasteiger partial charge is 0.453 e. The van der Waals surface area contributed by atoms with Gasteiger partial charge in [0.05, 0.1) is 11.8 Å². The summed E-state index contributed by atoms with van der Waals surface area (Å²) in [7, 11) is 1.88. The van der Waals surface area contributed by atoms with E-state index < -0.39 is 6.10 Å². The van der Waals surface area contributed by atoms with Crippen molar-refractivity contribution in [3.63, 3.8) is 0 Å². The van der Waals surface area contributed by atoms with E-state index in [0.29, 0.717) is 5.75 Å². The van der Waals surface area contributed by atoms with E-state index in [9.17, 15) is 5.11 Å². The molecule has 1 heterocycles. The van der Waals surface area contributed by atoms with Crippen molar-refractivity contribution in [2.75, 3.05) is 0 Å². The highest BCUT2D eigenvalue weighted by atomic mass is 16.5. The number of aliphatic hydroxyl groups is 1. The molecule has 0 radical (unpaired) electrons. The molecule has 1 aromatic heterocycles. The molecular weight excluding hydrogens is 228 g/mol. The van der Waals surface area contributed by atoms with Gasteiger partial charge in [-0.3, -0.25) is 4.68 Å². The van der Waals surface area contributed by atoms with Crippen LogP contribution >= 0.6 is 0 Å². The predicted molar refractivity (Wildman–Crippen MR) is 69.8 cm³/mol. The van der Waals surface area contributed by atoms with E-state index in [1.165, 1.54) is 0 Å². The fourth-order valence-electron chi connectivity index (χ4n) is 1.93. The number of hydrogen-bond donors (Lipinski definition) is 1. The molecule has 1 aromatic carbocycles. The van der Waals surface area contributed by atoms with Crippen LogP contribution in [-0.4, -0.2) is 14.9 Å². The Morgan fingerprint density at radius 2 is 1.94 bits per heavy atom. The van der Waals surface area contributed by atoms with Crippen molar-refractivity contribution >= 4 is 0 Å². The van der Waals surface area contributed by atoms with Gasteiger partial charge in [0.25, 0.3) is 0 Å².